The molecule has 0 atom stereocenters. The van der Waals surface area contributed by atoms with E-state index in [1.807, 2.05) is 0 Å². The monoisotopic (exact) mass is 385 g/mol. The lowest BCUT2D eigenvalue weighted by molar-refractivity contribution is 0.275. The van der Waals surface area contributed by atoms with Crippen LogP contribution in [0.25, 0.3) is 0 Å². The zero-order chi connectivity index (χ0) is 14.2. The van der Waals surface area contributed by atoms with E-state index in [0.717, 1.165) is 12.8 Å². The molecule has 0 bridgehead atoms. The molecule has 1 aromatic carbocycles. The molecule has 0 saturated heterocycles. The number of alkyl halides is 1. The van der Waals surface area contributed by atoms with Crippen LogP contribution in [0.5, 0.6) is 0 Å². The summed E-state index contributed by atoms with van der Waals surface area (Å²) in [4.78, 5) is 0.706. The quantitative estimate of drug-likeness (QED) is 0.738. The average molecular weight is 387 g/mol. The third kappa shape index (κ3) is 3.45. The number of sulfonamides is 1. The zero-order valence-electron chi connectivity index (χ0n) is 10.3. The Kier molecular flexibility index (Phi) is 4.83. The first-order chi connectivity index (χ1) is 8.80. The molecule has 0 unspecified atom stereocenters. The second-order valence-electron chi connectivity index (χ2n) is 4.80. The van der Waals surface area contributed by atoms with Crippen LogP contribution in [0.4, 0.5) is 0 Å². The largest absolute Gasteiger partial charge is 0.242 e. The summed E-state index contributed by atoms with van der Waals surface area (Å²) in [6.45, 7) is 0.532. The van der Waals surface area contributed by atoms with Crippen LogP contribution in [0, 0.1) is 5.92 Å². The van der Waals surface area contributed by atoms with Gasteiger partial charge in [0.2, 0.25) is 10.0 Å². The lowest BCUT2D eigenvalue weighted by atomic mass is 9.85. The van der Waals surface area contributed by atoms with Gasteiger partial charge in [-0.15, -0.1) is 0 Å². The van der Waals surface area contributed by atoms with Crippen molar-refractivity contribution < 1.29 is 8.42 Å². The van der Waals surface area contributed by atoms with Crippen LogP contribution in [0.15, 0.2) is 23.1 Å². The number of benzene rings is 1. The van der Waals surface area contributed by atoms with Gasteiger partial charge in [0.15, 0.2) is 0 Å². The van der Waals surface area contributed by atoms with Crippen LogP contribution in [0.3, 0.4) is 0 Å². The van der Waals surface area contributed by atoms with Crippen LogP contribution in [-0.2, 0) is 10.0 Å². The van der Waals surface area contributed by atoms with Crippen LogP contribution >= 0.6 is 39.1 Å². The summed E-state index contributed by atoms with van der Waals surface area (Å²) in [6, 6.07) is 4.38. The molecule has 0 N–H and O–H groups in total. The second-order valence-corrected chi connectivity index (χ2v) is 8.95. The Bertz CT molecular complexity index is 573. The van der Waals surface area contributed by atoms with Crippen molar-refractivity contribution in [3.8, 4) is 0 Å². The molecule has 0 aromatic heterocycles. The van der Waals surface area contributed by atoms with Gasteiger partial charge in [0.05, 0.1) is 14.9 Å². The van der Waals surface area contributed by atoms with E-state index in [4.69, 9.17) is 23.2 Å². The first-order valence-electron chi connectivity index (χ1n) is 5.86. The molecular formula is C12H14BrCl2NO2S. The fourth-order valence-corrected chi connectivity index (χ4v) is 4.78. The topological polar surface area (TPSA) is 37.4 Å². The number of hydrogen-bond acceptors (Lipinski definition) is 2. The minimum atomic E-state index is -3.49. The Balaban J connectivity index is 2.14. The zero-order valence-corrected chi connectivity index (χ0v) is 14.2. The smallest absolute Gasteiger partial charge is 0.207 e. The molecule has 0 radical (unpaired) electrons. The normalized spacial score (nSPS) is 23.4. The molecule has 1 aromatic rings. The molecule has 0 heterocycles. The van der Waals surface area contributed by atoms with Gasteiger partial charge in [-0.25, -0.2) is 12.7 Å². The molecule has 19 heavy (non-hydrogen) atoms. The predicted molar refractivity (Wildman–Crippen MR) is 81.7 cm³/mol. The molecule has 0 spiro atoms. The van der Waals surface area contributed by atoms with Crippen molar-refractivity contribution in [3.63, 3.8) is 0 Å². The number of nitrogens with zero attached hydrogens (tertiary/aromatic N) is 1. The molecule has 1 saturated carbocycles. The van der Waals surface area contributed by atoms with Gasteiger partial charge in [0.1, 0.15) is 0 Å². The van der Waals surface area contributed by atoms with E-state index in [1.54, 1.807) is 7.05 Å². The van der Waals surface area contributed by atoms with E-state index in [2.05, 4.69) is 15.9 Å². The first-order valence-corrected chi connectivity index (χ1v) is 8.97. The highest BCUT2D eigenvalue weighted by Gasteiger charge is 2.31. The van der Waals surface area contributed by atoms with Crippen molar-refractivity contribution >= 4 is 49.2 Å². The Morgan fingerprint density at radius 1 is 1.32 bits per heavy atom. The van der Waals surface area contributed by atoms with E-state index in [0.29, 0.717) is 22.3 Å². The maximum Gasteiger partial charge on any atom is 0.242 e. The first kappa shape index (κ1) is 15.6. The van der Waals surface area contributed by atoms with Crippen LogP contribution in [0.1, 0.15) is 12.8 Å². The van der Waals surface area contributed by atoms with Gasteiger partial charge in [-0.2, -0.15) is 0 Å². The molecule has 106 valence electrons. The highest BCUT2D eigenvalue weighted by atomic mass is 79.9. The van der Waals surface area contributed by atoms with Gasteiger partial charge < -0.3 is 0 Å². The maximum absolute atomic E-state index is 12.4. The SMILES string of the molecule is CN(CC1CC(Br)C1)S(=O)(=O)c1ccc(Cl)c(Cl)c1. The Morgan fingerprint density at radius 2 is 1.95 bits per heavy atom. The van der Waals surface area contributed by atoms with Crippen LogP contribution in [0.2, 0.25) is 10.0 Å². The van der Waals surface area contributed by atoms with Crippen molar-refractivity contribution in [2.24, 2.45) is 5.92 Å². The molecular weight excluding hydrogens is 373 g/mol. The van der Waals surface area contributed by atoms with Crippen molar-refractivity contribution in [1.29, 1.82) is 0 Å². The van der Waals surface area contributed by atoms with Crippen molar-refractivity contribution in [3.05, 3.63) is 28.2 Å². The van der Waals surface area contributed by atoms with E-state index >= 15 is 0 Å². The van der Waals surface area contributed by atoms with Gasteiger partial charge >= 0.3 is 0 Å². The maximum atomic E-state index is 12.4. The summed E-state index contributed by atoms with van der Waals surface area (Å²) >= 11 is 15.2. The Hall–Kier alpha value is 0.190. The number of hydrogen-bond donors (Lipinski definition) is 0. The van der Waals surface area contributed by atoms with Crippen LogP contribution in [-0.4, -0.2) is 31.1 Å². The minimum Gasteiger partial charge on any atom is -0.207 e. The summed E-state index contributed by atoms with van der Waals surface area (Å²) in [5, 5.41) is 0.602. The molecule has 0 aliphatic heterocycles. The molecule has 7 heteroatoms. The predicted octanol–water partition coefficient (Wildman–Crippen LogP) is 3.79. The minimum absolute atomic E-state index is 0.180. The molecule has 0 amide bonds. The van der Waals surface area contributed by atoms with Crippen molar-refractivity contribution in [1.82, 2.24) is 4.31 Å². The van der Waals surface area contributed by atoms with Crippen molar-refractivity contribution in [2.75, 3.05) is 13.6 Å². The van der Waals surface area contributed by atoms with Crippen molar-refractivity contribution in [2.45, 2.75) is 22.6 Å². The van der Waals surface area contributed by atoms with Gasteiger partial charge in [-0.05, 0) is 37.0 Å². The van der Waals surface area contributed by atoms with E-state index in [-0.39, 0.29) is 9.92 Å². The summed E-state index contributed by atoms with van der Waals surface area (Å²) in [6.07, 6.45) is 2.03. The third-order valence-electron chi connectivity index (χ3n) is 3.29. The summed E-state index contributed by atoms with van der Waals surface area (Å²) in [7, 11) is -1.90. The van der Waals surface area contributed by atoms with Gasteiger partial charge in [0, 0.05) is 18.4 Å². The van der Waals surface area contributed by atoms with Gasteiger partial charge in [-0.3, -0.25) is 0 Å². The molecule has 1 fully saturated rings. The number of rotatable bonds is 4. The summed E-state index contributed by atoms with van der Waals surface area (Å²) in [5.41, 5.74) is 0. The van der Waals surface area contributed by atoms with E-state index in [9.17, 15) is 8.42 Å². The fourth-order valence-electron chi connectivity index (χ4n) is 2.08. The average Bonchev–Trinajstić information content (AvgIpc) is 2.30. The van der Waals surface area contributed by atoms with Gasteiger partial charge in [-0.1, -0.05) is 39.1 Å². The summed E-state index contributed by atoms with van der Waals surface area (Å²) in [5.74, 6) is 0.423. The van der Waals surface area contributed by atoms with Gasteiger partial charge in [0.25, 0.3) is 0 Å². The highest BCUT2D eigenvalue weighted by Crippen LogP contribution is 2.34. The van der Waals surface area contributed by atoms with E-state index in [1.165, 1.54) is 22.5 Å². The number of halogens is 3. The summed E-state index contributed by atoms with van der Waals surface area (Å²) < 4.78 is 26.1. The lowest BCUT2D eigenvalue weighted by Gasteiger charge is -2.34. The van der Waals surface area contributed by atoms with E-state index < -0.39 is 10.0 Å². The molecule has 2 rings (SSSR count). The lowest BCUT2D eigenvalue weighted by Crippen LogP contribution is -2.37. The third-order valence-corrected chi connectivity index (χ3v) is 6.60. The highest BCUT2D eigenvalue weighted by molar-refractivity contribution is 9.09. The standard InChI is InChI=1S/C12H14BrCl2NO2S/c1-16(7-8-4-9(13)5-8)19(17,18)10-2-3-11(14)12(15)6-10/h2-3,6,8-9H,4-5,7H2,1H3. The fraction of sp³-hybridized carbons (Fsp3) is 0.500. The molecule has 1 aliphatic carbocycles. The molecule has 3 nitrogen and oxygen atoms in total. The second kappa shape index (κ2) is 5.90. The Labute approximate surface area is 132 Å². The van der Waals surface area contributed by atoms with Crippen LogP contribution < -0.4 is 0 Å². The Morgan fingerprint density at radius 3 is 2.47 bits per heavy atom. The molecule has 1 aliphatic rings.